The van der Waals surface area contributed by atoms with Gasteiger partial charge in [-0.3, -0.25) is 0 Å². The van der Waals surface area contributed by atoms with Crippen LogP contribution in [0.3, 0.4) is 0 Å². The molecule has 0 fully saturated rings. The van der Waals surface area contributed by atoms with Crippen LogP contribution in [0.4, 0.5) is 8.78 Å². The molecule has 0 atom stereocenters. The van der Waals surface area contributed by atoms with Gasteiger partial charge < -0.3 is 9.09 Å². The van der Waals surface area contributed by atoms with E-state index >= 15 is 0 Å². The van der Waals surface area contributed by atoms with E-state index in [0.717, 1.165) is 10.9 Å². The van der Waals surface area contributed by atoms with E-state index in [1.807, 2.05) is 22.1 Å². The average molecular weight is 395 g/mol. The van der Waals surface area contributed by atoms with Gasteiger partial charge in [0.15, 0.2) is 23.3 Å². The fraction of sp³-hybridized carbons (Fsp3) is 0.0526. The van der Waals surface area contributed by atoms with Crippen molar-refractivity contribution < 1.29 is 13.3 Å². The van der Waals surface area contributed by atoms with Gasteiger partial charge in [0.25, 0.3) is 5.89 Å². The zero-order chi connectivity index (χ0) is 19.1. The second kappa shape index (κ2) is 6.61. The Bertz CT molecular complexity index is 1230. The lowest BCUT2D eigenvalue weighted by Crippen LogP contribution is -2.02. The molecule has 2 aliphatic rings. The van der Waals surface area contributed by atoms with Crippen LogP contribution in [0.1, 0.15) is 5.82 Å². The van der Waals surface area contributed by atoms with Crippen molar-refractivity contribution in [3.8, 4) is 33.5 Å². The summed E-state index contributed by atoms with van der Waals surface area (Å²) in [7, 11) is 0. The van der Waals surface area contributed by atoms with E-state index in [2.05, 4.69) is 20.1 Å². The van der Waals surface area contributed by atoms with Crippen molar-refractivity contribution in [1.82, 2.24) is 24.7 Å². The Morgan fingerprint density at radius 3 is 2.75 bits per heavy atom. The number of nitrogens with zero attached hydrogens (tertiary/aromatic N) is 5. The van der Waals surface area contributed by atoms with E-state index < -0.39 is 11.6 Å². The molecule has 2 aromatic heterocycles. The second-order valence-corrected chi connectivity index (χ2v) is 6.98. The largest absolute Gasteiger partial charge is 0.344 e. The molecule has 0 saturated heterocycles. The first-order valence-electron chi connectivity index (χ1n) is 8.32. The summed E-state index contributed by atoms with van der Waals surface area (Å²) in [4.78, 5) is 13.9. The fourth-order valence-electron chi connectivity index (χ4n) is 2.83. The molecule has 5 rings (SSSR count). The fourth-order valence-corrected chi connectivity index (χ4v) is 3.47. The number of halogens is 2. The van der Waals surface area contributed by atoms with E-state index in [4.69, 9.17) is 4.52 Å². The lowest BCUT2D eigenvalue weighted by molar-refractivity contribution is 0.421. The van der Waals surface area contributed by atoms with Gasteiger partial charge in [-0.05, 0) is 29.6 Å². The number of hydrogen-bond donors (Lipinski definition) is 0. The van der Waals surface area contributed by atoms with Gasteiger partial charge in [0.2, 0.25) is 0 Å². The summed E-state index contributed by atoms with van der Waals surface area (Å²) in [5.74, 6) is -0.754. The van der Waals surface area contributed by atoms with Crippen molar-refractivity contribution in [2.75, 3.05) is 0 Å². The van der Waals surface area contributed by atoms with Crippen molar-refractivity contribution >= 4 is 11.3 Å². The molecule has 6 nitrogen and oxygen atoms in total. The van der Waals surface area contributed by atoms with Crippen molar-refractivity contribution in [3.05, 3.63) is 71.6 Å². The molecule has 0 aliphatic carbocycles. The number of thiophene rings is 1. The molecule has 3 aromatic rings. The summed E-state index contributed by atoms with van der Waals surface area (Å²) in [6.45, 7) is 0.376. The third kappa shape index (κ3) is 2.95. The number of hydrogen-bond acceptors (Lipinski definition) is 6. The monoisotopic (exact) mass is 395 g/mol. The molecule has 0 spiro atoms. The van der Waals surface area contributed by atoms with Crippen molar-refractivity contribution in [1.29, 1.82) is 0 Å². The second-order valence-electron chi connectivity index (χ2n) is 6.03. The standard InChI is InChI=1S/C19H11F2N5OS/c20-12-4-1-3-11(17(12)21)18-22-13-6-7-26(9-14(13)23-18)10-16-24-19(27-25-16)15-5-2-8-28-15/h1-9H,10H2. The highest BCUT2D eigenvalue weighted by Crippen LogP contribution is 2.27. The lowest BCUT2D eigenvalue weighted by atomic mass is 10.2. The summed E-state index contributed by atoms with van der Waals surface area (Å²) in [6.07, 6.45) is 3.55. The van der Waals surface area contributed by atoms with E-state index in [1.165, 1.54) is 23.5 Å². The maximum Gasteiger partial charge on any atom is 0.268 e. The molecule has 1 aromatic carbocycles. The zero-order valence-corrected chi connectivity index (χ0v) is 15.0. The Morgan fingerprint density at radius 2 is 1.89 bits per heavy atom. The third-order valence-corrected chi connectivity index (χ3v) is 5.00. The molecule has 138 valence electrons. The maximum absolute atomic E-state index is 14.0. The van der Waals surface area contributed by atoms with E-state index in [9.17, 15) is 8.78 Å². The minimum absolute atomic E-state index is 0.0292. The Hall–Kier alpha value is -3.46. The van der Waals surface area contributed by atoms with Gasteiger partial charge in [0.05, 0.1) is 22.7 Å². The first-order valence-corrected chi connectivity index (χ1v) is 9.20. The maximum atomic E-state index is 14.0. The number of pyridine rings is 1. The van der Waals surface area contributed by atoms with Gasteiger partial charge in [0.1, 0.15) is 5.69 Å². The number of fused-ring (bicyclic) bond motifs is 1. The topological polar surface area (TPSA) is 69.6 Å². The molecule has 28 heavy (non-hydrogen) atoms. The average Bonchev–Trinajstić information content (AvgIpc) is 3.43. The quantitative estimate of drug-likeness (QED) is 0.449. The third-order valence-electron chi connectivity index (χ3n) is 4.14. The number of benzene rings is 1. The van der Waals surface area contributed by atoms with Crippen LogP contribution in [-0.2, 0) is 6.54 Å². The Labute approximate surface area is 161 Å². The molecular formula is C19H11F2N5OS. The molecule has 0 bridgehead atoms. The zero-order valence-electron chi connectivity index (χ0n) is 14.2. The predicted octanol–water partition coefficient (Wildman–Crippen LogP) is 4.49. The lowest BCUT2D eigenvalue weighted by Gasteiger charge is -2.04. The van der Waals surface area contributed by atoms with Crippen LogP contribution >= 0.6 is 11.3 Å². The van der Waals surface area contributed by atoms with Crippen LogP contribution < -0.4 is 0 Å². The van der Waals surface area contributed by atoms with Gasteiger partial charge in [-0.2, -0.15) is 4.98 Å². The van der Waals surface area contributed by atoms with Crippen LogP contribution in [0.25, 0.3) is 33.5 Å². The smallest absolute Gasteiger partial charge is 0.268 e. The molecule has 4 heterocycles. The molecule has 2 aliphatic heterocycles. The molecule has 0 amide bonds. The Kier molecular flexibility index (Phi) is 3.94. The molecule has 0 N–H and O–H groups in total. The normalized spacial score (nSPS) is 11.4. The summed E-state index contributed by atoms with van der Waals surface area (Å²) in [5, 5.41) is 5.93. The summed E-state index contributed by atoms with van der Waals surface area (Å²) in [5.41, 5.74) is 1.17. The van der Waals surface area contributed by atoms with Gasteiger partial charge >= 0.3 is 0 Å². The Balaban J connectivity index is 1.44. The molecule has 0 unspecified atom stereocenters. The highest BCUT2D eigenvalue weighted by Gasteiger charge is 2.18. The van der Waals surface area contributed by atoms with Gasteiger partial charge in [-0.25, -0.2) is 18.7 Å². The van der Waals surface area contributed by atoms with Crippen molar-refractivity contribution in [2.24, 2.45) is 0 Å². The van der Waals surface area contributed by atoms with Gasteiger partial charge in [0, 0.05) is 12.4 Å². The van der Waals surface area contributed by atoms with E-state index in [0.29, 0.717) is 29.6 Å². The first kappa shape index (κ1) is 16.7. The van der Waals surface area contributed by atoms with Crippen LogP contribution in [0.5, 0.6) is 0 Å². The molecule has 0 radical (unpaired) electrons. The van der Waals surface area contributed by atoms with Gasteiger partial charge in [-0.15, -0.1) is 11.3 Å². The van der Waals surface area contributed by atoms with Crippen LogP contribution in [0.2, 0.25) is 0 Å². The van der Waals surface area contributed by atoms with E-state index in [1.54, 1.807) is 18.5 Å². The number of aromatic nitrogens is 5. The number of imidazole rings is 1. The summed E-state index contributed by atoms with van der Waals surface area (Å²) in [6, 6.07) is 9.52. The molecular weight excluding hydrogens is 384 g/mol. The minimum atomic E-state index is -0.960. The SMILES string of the molecule is Fc1cccc(-c2nc3ccn(Cc4noc(-c5cccs5)n4)cc-3n2)c1F. The summed E-state index contributed by atoms with van der Waals surface area (Å²) >= 11 is 1.52. The molecule has 9 heteroatoms. The highest BCUT2D eigenvalue weighted by atomic mass is 32.1. The van der Waals surface area contributed by atoms with Crippen LogP contribution in [0.15, 0.2) is 58.7 Å². The Morgan fingerprint density at radius 1 is 1.00 bits per heavy atom. The van der Waals surface area contributed by atoms with Crippen molar-refractivity contribution in [3.63, 3.8) is 0 Å². The van der Waals surface area contributed by atoms with E-state index in [-0.39, 0.29) is 11.4 Å². The first-order chi connectivity index (χ1) is 13.7. The van der Waals surface area contributed by atoms with Crippen LogP contribution in [0, 0.1) is 11.6 Å². The van der Waals surface area contributed by atoms with Gasteiger partial charge in [-0.1, -0.05) is 17.3 Å². The predicted molar refractivity (Wildman–Crippen MR) is 98.7 cm³/mol. The van der Waals surface area contributed by atoms with Crippen LogP contribution in [-0.4, -0.2) is 24.7 Å². The highest BCUT2D eigenvalue weighted by molar-refractivity contribution is 7.13. The van der Waals surface area contributed by atoms with Crippen molar-refractivity contribution in [2.45, 2.75) is 6.54 Å². The molecule has 0 saturated carbocycles. The minimum Gasteiger partial charge on any atom is -0.344 e. The number of rotatable bonds is 4. The summed E-state index contributed by atoms with van der Waals surface area (Å²) < 4.78 is 34.6.